The fraction of sp³-hybridized carbons (Fsp3) is 0.542. The van der Waals surface area contributed by atoms with Gasteiger partial charge in [-0.15, -0.1) is 0 Å². The van der Waals surface area contributed by atoms with Crippen molar-refractivity contribution < 1.29 is 9.72 Å². The summed E-state index contributed by atoms with van der Waals surface area (Å²) in [7, 11) is 0. The van der Waals surface area contributed by atoms with Gasteiger partial charge in [0.25, 0.3) is 0 Å². The number of amides is 1. The van der Waals surface area contributed by atoms with Gasteiger partial charge in [0.15, 0.2) is 5.11 Å². The first-order chi connectivity index (χ1) is 16.1. The molecule has 1 spiro atoms. The first-order valence-corrected chi connectivity index (χ1v) is 12.2. The minimum Gasteiger partial charge on any atom is -0.358 e. The van der Waals surface area contributed by atoms with Gasteiger partial charge >= 0.3 is 5.82 Å². The molecule has 1 aromatic heterocycles. The number of rotatable bonds is 5. The minimum absolute atomic E-state index is 0.0991. The van der Waals surface area contributed by atoms with Crippen molar-refractivity contribution in [2.45, 2.75) is 53.0 Å². The summed E-state index contributed by atoms with van der Waals surface area (Å²) in [5, 5.41) is 15.1. The van der Waals surface area contributed by atoms with E-state index < -0.39 is 4.92 Å². The summed E-state index contributed by atoms with van der Waals surface area (Å²) in [6.45, 7) is 9.61. The van der Waals surface area contributed by atoms with E-state index in [-0.39, 0.29) is 17.1 Å². The fourth-order valence-corrected chi connectivity index (χ4v) is 5.47. The average molecular weight is 485 g/mol. The Bertz CT molecular complexity index is 1090. The number of hydrogen-bond donors (Lipinski definition) is 1. The van der Waals surface area contributed by atoms with Crippen LogP contribution in [0, 0.1) is 36.3 Å². The van der Waals surface area contributed by atoms with Crippen molar-refractivity contribution in [1.29, 1.82) is 0 Å². The zero-order valence-electron chi connectivity index (χ0n) is 20.0. The van der Waals surface area contributed by atoms with Gasteiger partial charge in [0.2, 0.25) is 11.7 Å². The van der Waals surface area contributed by atoms with Crippen LogP contribution in [0.25, 0.3) is 0 Å². The van der Waals surface area contributed by atoms with Crippen LogP contribution in [0.5, 0.6) is 0 Å². The second kappa shape index (κ2) is 9.69. The molecule has 0 aliphatic carbocycles. The second-order valence-electron chi connectivity index (χ2n) is 9.71. The van der Waals surface area contributed by atoms with Crippen LogP contribution in [0.15, 0.2) is 24.4 Å². The number of nitrogens with one attached hydrogen (secondary N) is 1. The van der Waals surface area contributed by atoms with E-state index in [1.165, 1.54) is 17.3 Å². The Morgan fingerprint density at radius 3 is 2.32 bits per heavy atom. The highest BCUT2D eigenvalue weighted by Gasteiger charge is 2.42. The van der Waals surface area contributed by atoms with Crippen LogP contribution in [0.1, 0.15) is 42.6 Å². The standard InChI is InChI=1S/C24H32N6O3S/c1-17-12-18(2)14-20(13-17)26-23(34)27-9-5-24(6-10-27)7-11-29(16-24)22(31)4-8-28-15-21(30(32)33)25-19(28)3/h12-15H,4-11,16H2,1-3H3,(H,26,34). The molecule has 0 bridgehead atoms. The van der Waals surface area contributed by atoms with Gasteiger partial charge in [0.1, 0.15) is 6.20 Å². The third-order valence-electron chi connectivity index (χ3n) is 7.09. The Morgan fingerprint density at radius 2 is 1.74 bits per heavy atom. The van der Waals surface area contributed by atoms with Crippen molar-refractivity contribution >= 4 is 34.7 Å². The molecule has 34 heavy (non-hydrogen) atoms. The number of aryl methyl sites for hydroxylation is 4. The van der Waals surface area contributed by atoms with Gasteiger partial charge in [-0.2, -0.15) is 0 Å². The summed E-state index contributed by atoms with van der Waals surface area (Å²) >= 11 is 5.68. The number of benzene rings is 1. The number of imidazole rings is 1. The Morgan fingerprint density at radius 1 is 1.12 bits per heavy atom. The van der Waals surface area contributed by atoms with Crippen molar-refractivity contribution in [1.82, 2.24) is 19.4 Å². The van der Waals surface area contributed by atoms with Gasteiger partial charge < -0.3 is 29.8 Å². The van der Waals surface area contributed by atoms with E-state index in [1.54, 1.807) is 11.5 Å². The van der Waals surface area contributed by atoms with E-state index in [4.69, 9.17) is 12.2 Å². The average Bonchev–Trinajstić information content (AvgIpc) is 3.36. The molecule has 0 unspecified atom stereocenters. The molecule has 10 heteroatoms. The summed E-state index contributed by atoms with van der Waals surface area (Å²) in [6, 6.07) is 6.36. The summed E-state index contributed by atoms with van der Waals surface area (Å²) in [4.78, 5) is 31.4. The number of nitro groups is 1. The van der Waals surface area contributed by atoms with Crippen LogP contribution >= 0.6 is 12.2 Å². The number of thiocarbonyl (C=S) groups is 1. The Balaban J connectivity index is 1.26. The Labute approximate surface area is 205 Å². The lowest BCUT2D eigenvalue weighted by Gasteiger charge is -2.40. The number of piperidine rings is 1. The summed E-state index contributed by atoms with van der Waals surface area (Å²) in [5.41, 5.74) is 3.60. The maximum atomic E-state index is 12.8. The minimum atomic E-state index is -0.509. The molecule has 1 aromatic carbocycles. The lowest BCUT2D eigenvalue weighted by atomic mass is 9.78. The number of nitrogens with zero attached hydrogens (tertiary/aromatic N) is 5. The molecule has 3 heterocycles. The SMILES string of the molecule is Cc1cc(C)cc(NC(=S)N2CCC3(CCN(C(=O)CCn4cc([N+](=O)[O-])nc4C)C3)CC2)c1. The lowest BCUT2D eigenvalue weighted by molar-refractivity contribution is -0.389. The van der Waals surface area contributed by atoms with Gasteiger partial charge in [0.05, 0.1) is 0 Å². The van der Waals surface area contributed by atoms with Crippen molar-refractivity contribution in [2.75, 3.05) is 31.5 Å². The van der Waals surface area contributed by atoms with Crippen molar-refractivity contribution in [2.24, 2.45) is 5.41 Å². The zero-order valence-corrected chi connectivity index (χ0v) is 20.9. The van der Waals surface area contributed by atoms with Crippen molar-refractivity contribution in [3.8, 4) is 0 Å². The molecule has 0 saturated carbocycles. The molecule has 0 radical (unpaired) electrons. The fourth-order valence-electron chi connectivity index (χ4n) is 5.17. The molecular formula is C24H32N6O3S. The van der Waals surface area contributed by atoms with Gasteiger partial charge in [-0.25, -0.2) is 0 Å². The number of carbonyl (C=O) groups excluding carboxylic acids is 1. The molecule has 1 amide bonds. The molecule has 0 atom stereocenters. The van der Waals surface area contributed by atoms with E-state index in [0.717, 1.165) is 56.2 Å². The first-order valence-electron chi connectivity index (χ1n) is 11.7. The quantitative estimate of drug-likeness (QED) is 0.391. The summed E-state index contributed by atoms with van der Waals surface area (Å²) in [5.74, 6) is 0.471. The predicted molar refractivity (Wildman–Crippen MR) is 135 cm³/mol. The molecule has 1 N–H and O–H groups in total. The summed E-state index contributed by atoms with van der Waals surface area (Å²) in [6.07, 6.45) is 4.76. The Kier molecular flexibility index (Phi) is 6.88. The van der Waals surface area contributed by atoms with E-state index in [0.29, 0.717) is 18.8 Å². The molecule has 2 aliphatic heterocycles. The smallest absolute Gasteiger partial charge is 0.358 e. The largest absolute Gasteiger partial charge is 0.381 e. The van der Waals surface area contributed by atoms with Crippen molar-refractivity contribution in [3.05, 3.63) is 51.5 Å². The van der Waals surface area contributed by atoms with Crippen LogP contribution < -0.4 is 5.32 Å². The monoisotopic (exact) mass is 484 g/mol. The third-order valence-corrected chi connectivity index (χ3v) is 7.45. The maximum absolute atomic E-state index is 12.8. The van der Waals surface area contributed by atoms with Crippen LogP contribution in [-0.2, 0) is 11.3 Å². The third kappa shape index (κ3) is 5.38. The maximum Gasteiger partial charge on any atom is 0.381 e. The van der Waals surface area contributed by atoms with Gasteiger partial charge in [-0.05, 0) is 83.9 Å². The molecule has 2 fully saturated rings. The van der Waals surface area contributed by atoms with Crippen molar-refractivity contribution in [3.63, 3.8) is 0 Å². The highest BCUT2D eigenvalue weighted by Crippen LogP contribution is 2.40. The Hall–Kier alpha value is -3.01. The number of likely N-dealkylation sites (tertiary alicyclic amines) is 2. The van der Waals surface area contributed by atoms with Crippen LogP contribution in [0.2, 0.25) is 0 Å². The molecule has 2 aliphatic rings. The van der Waals surface area contributed by atoms with Gasteiger partial charge in [-0.3, -0.25) is 4.79 Å². The highest BCUT2D eigenvalue weighted by atomic mass is 32.1. The molecule has 9 nitrogen and oxygen atoms in total. The molecule has 2 aromatic rings. The van der Waals surface area contributed by atoms with E-state index in [1.807, 2.05) is 4.90 Å². The second-order valence-corrected chi connectivity index (χ2v) is 10.1. The number of anilines is 1. The molecule has 182 valence electrons. The molecular weight excluding hydrogens is 452 g/mol. The molecule has 4 rings (SSSR count). The molecule has 2 saturated heterocycles. The van der Waals surface area contributed by atoms with Crippen LogP contribution in [0.4, 0.5) is 11.5 Å². The van der Waals surface area contributed by atoms with Gasteiger partial charge in [0, 0.05) is 51.8 Å². The van der Waals surface area contributed by atoms with Crippen LogP contribution in [-0.4, -0.2) is 61.5 Å². The normalized spacial score (nSPS) is 17.3. The predicted octanol–water partition coefficient (Wildman–Crippen LogP) is 3.82. The first kappa shape index (κ1) is 24.1. The summed E-state index contributed by atoms with van der Waals surface area (Å²) < 4.78 is 1.68. The lowest BCUT2D eigenvalue weighted by Crippen LogP contribution is -2.46. The number of aromatic nitrogens is 2. The van der Waals surface area contributed by atoms with E-state index >= 15 is 0 Å². The van der Waals surface area contributed by atoms with E-state index in [2.05, 4.69) is 47.2 Å². The number of carbonyl (C=O) groups is 1. The highest BCUT2D eigenvalue weighted by molar-refractivity contribution is 7.80. The zero-order chi connectivity index (χ0) is 24.5. The van der Waals surface area contributed by atoms with Gasteiger partial charge in [-0.1, -0.05) is 6.07 Å². The topological polar surface area (TPSA) is 96.5 Å². The van der Waals surface area contributed by atoms with E-state index in [9.17, 15) is 14.9 Å². The van der Waals surface area contributed by atoms with Crippen LogP contribution in [0.3, 0.4) is 0 Å². The number of hydrogen-bond acceptors (Lipinski definition) is 5.